The summed E-state index contributed by atoms with van der Waals surface area (Å²) in [7, 11) is 1.67. The Morgan fingerprint density at radius 2 is 1.82 bits per heavy atom. The van der Waals surface area contributed by atoms with Crippen LogP contribution in [0.2, 0.25) is 0 Å². The molecule has 1 aromatic carbocycles. The van der Waals surface area contributed by atoms with Gasteiger partial charge in [0, 0.05) is 24.5 Å². The van der Waals surface area contributed by atoms with Gasteiger partial charge in [-0.25, -0.2) is 0 Å². The van der Waals surface area contributed by atoms with Crippen LogP contribution in [-0.4, -0.2) is 17.1 Å². The van der Waals surface area contributed by atoms with Gasteiger partial charge in [-0.3, -0.25) is 9.97 Å². The third-order valence-electron chi connectivity index (χ3n) is 3.50. The van der Waals surface area contributed by atoms with Crippen LogP contribution >= 0.6 is 0 Å². The zero-order valence-electron chi connectivity index (χ0n) is 12.4. The van der Waals surface area contributed by atoms with E-state index in [0.29, 0.717) is 6.54 Å². The molecule has 0 radical (unpaired) electrons. The molecule has 0 saturated heterocycles. The number of rotatable bonds is 4. The van der Waals surface area contributed by atoms with Gasteiger partial charge in [-0.1, -0.05) is 12.1 Å². The minimum Gasteiger partial charge on any atom is -0.496 e. The summed E-state index contributed by atoms with van der Waals surface area (Å²) in [5, 5.41) is 0. The fraction of sp³-hybridized carbons (Fsp3) is 0.111. The zero-order chi connectivity index (χ0) is 15.4. The second kappa shape index (κ2) is 6.37. The van der Waals surface area contributed by atoms with Crippen molar-refractivity contribution in [2.24, 2.45) is 5.73 Å². The van der Waals surface area contributed by atoms with Gasteiger partial charge in [0.25, 0.3) is 0 Å². The molecule has 0 spiro atoms. The van der Waals surface area contributed by atoms with E-state index in [4.69, 9.17) is 10.5 Å². The van der Waals surface area contributed by atoms with E-state index < -0.39 is 0 Å². The summed E-state index contributed by atoms with van der Waals surface area (Å²) in [6.07, 6.45) is 3.56. The van der Waals surface area contributed by atoms with Crippen molar-refractivity contribution in [1.82, 2.24) is 9.97 Å². The van der Waals surface area contributed by atoms with Crippen molar-refractivity contribution in [2.75, 3.05) is 7.11 Å². The number of nitrogens with two attached hydrogens (primary N) is 1. The summed E-state index contributed by atoms with van der Waals surface area (Å²) in [5.74, 6) is 0.801. The standard InChI is InChI=1S/C18H17N3O/c1-22-18-6-5-13(14-7-9-20-15(10-14)12-19)11-16(18)17-4-2-3-8-21-17/h2-11H,12,19H2,1H3. The summed E-state index contributed by atoms with van der Waals surface area (Å²) in [6, 6.07) is 15.9. The fourth-order valence-corrected chi connectivity index (χ4v) is 2.38. The van der Waals surface area contributed by atoms with Crippen LogP contribution in [0, 0.1) is 0 Å². The van der Waals surface area contributed by atoms with E-state index in [-0.39, 0.29) is 0 Å². The number of nitrogens with zero attached hydrogens (tertiary/aromatic N) is 2. The van der Waals surface area contributed by atoms with Crippen molar-refractivity contribution in [3.63, 3.8) is 0 Å². The summed E-state index contributed by atoms with van der Waals surface area (Å²) in [5.41, 5.74) is 10.5. The molecular formula is C18H17N3O. The first-order valence-electron chi connectivity index (χ1n) is 7.06. The molecule has 0 saturated carbocycles. The van der Waals surface area contributed by atoms with Crippen molar-refractivity contribution in [3.05, 3.63) is 66.6 Å². The first kappa shape index (κ1) is 14.2. The first-order valence-corrected chi connectivity index (χ1v) is 7.06. The molecule has 0 amide bonds. The average molecular weight is 291 g/mol. The minimum atomic E-state index is 0.428. The lowest BCUT2D eigenvalue weighted by molar-refractivity contribution is 0.416. The number of methoxy groups -OCH3 is 1. The highest BCUT2D eigenvalue weighted by atomic mass is 16.5. The molecule has 22 heavy (non-hydrogen) atoms. The quantitative estimate of drug-likeness (QED) is 0.801. The molecule has 4 heteroatoms. The zero-order valence-corrected chi connectivity index (χ0v) is 12.4. The molecule has 3 aromatic rings. The lowest BCUT2D eigenvalue weighted by Gasteiger charge is -2.11. The Balaban J connectivity index is 2.11. The van der Waals surface area contributed by atoms with Crippen molar-refractivity contribution in [2.45, 2.75) is 6.54 Å². The third-order valence-corrected chi connectivity index (χ3v) is 3.50. The highest BCUT2D eigenvalue weighted by Gasteiger charge is 2.09. The molecule has 0 aliphatic carbocycles. The minimum absolute atomic E-state index is 0.428. The molecule has 0 aliphatic rings. The fourth-order valence-electron chi connectivity index (χ4n) is 2.38. The maximum Gasteiger partial charge on any atom is 0.128 e. The monoisotopic (exact) mass is 291 g/mol. The topological polar surface area (TPSA) is 61.0 Å². The van der Waals surface area contributed by atoms with Crippen LogP contribution < -0.4 is 10.5 Å². The Kier molecular flexibility index (Phi) is 4.12. The van der Waals surface area contributed by atoms with Crippen molar-refractivity contribution in [1.29, 1.82) is 0 Å². The van der Waals surface area contributed by atoms with E-state index in [1.807, 2.05) is 42.5 Å². The Hall–Kier alpha value is -2.72. The maximum atomic E-state index is 5.67. The number of aromatic nitrogens is 2. The molecular weight excluding hydrogens is 274 g/mol. The van der Waals surface area contributed by atoms with E-state index in [0.717, 1.165) is 33.8 Å². The number of benzene rings is 1. The average Bonchev–Trinajstić information content (AvgIpc) is 2.62. The molecule has 0 aliphatic heterocycles. The normalized spacial score (nSPS) is 10.5. The molecule has 4 nitrogen and oxygen atoms in total. The summed E-state index contributed by atoms with van der Waals surface area (Å²) in [6.45, 7) is 0.428. The van der Waals surface area contributed by atoms with Crippen LogP contribution in [0.25, 0.3) is 22.4 Å². The summed E-state index contributed by atoms with van der Waals surface area (Å²) < 4.78 is 5.46. The number of pyridine rings is 2. The second-order valence-corrected chi connectivity index (χ2v) is 4.87. The van der Waals surface area contributed by atoms with Crippen LogP contribution in [0.3, 0.4) is 0 Å². The second-order valence-electron chi connectivity index (χ2n) is 4.87. The van der Waals surface area contributed by atoms with Crippen molar-refractivity contribution < 1.29 is 4.74 Å². The van der Waals surface area contributed by atoms with E-state index >= 15 is 0 Å². The van der Waals surface area contributed by atoms with Crippen molar-refractivity contribution in [3.8, 4) is 28.1 Å². The number of hydrogen-bond acceptors (Lipinski definition) is 4. The molecule has 110 valence electrons. The van der Waals surface area contributed by atoms with Gasteiger partial charge in [0.2, 0.25) is 0 Å². The Bertz CT molecular complexity index is 772. The van der Waals surface area contributed by atoms with Crippen LogP contribution in [-0.2, 0) is 6.54 Å². The molecule has 0 atom stereocenters. The lowest BCUT2D eigenvalue weighted by atomic mass is 10.0. The van der Waals surface area contributed by atoms with E-state index in [1.54, 1.807) is 19.5 Å². The molecule has 0 bridgehead atoms. The summed E-state index contributed by atoms with van der Waals surface area (Å²) >= 11 is 0. The Morgan fingerprint density at radius 3 is 2.55 bits per heavy atom. The van der Waals surface area contributed by atoms with Gasteiger partial charge >= 0.3 is 0 Å². The number of ether oxygens (including phenoxy) is 1. The molecule has 3 rings (SSSR count). The lowest BCUT2D eigenvalue weighted by Crippen LogP contribution is -1.99. The van der Waals surface area contributed by atoms with Crippen LogP contribution in [0.1, 0.15) is 5.69 Å². The first-order chi connectivity index (χ1) is 10.8. The van der Waals surface area contributed by atoms with Gasteiger partial charge in [-0.15, -0.1) is 0 Å². The van der Waals surface area contributed by atoms with Gasteiger partial charge in [0.05, 0.1) is 18.5 Å². The molecule has 2 heterocycles. The Labute approximate surface area is 129 Å². The predicted octanol–water partition coefficient (Wildman–Crippen LogP) is 3.28. The smallest absolute Gasteiger partial charge is 0.128 e. The van der Waals surface area contributed by atoms with Gasteiger partial charge in [0.1, 0.15) is 5.75 Å². The Morgan fingerprint density at radius 1 is 0.955 bits per heavy atom. The van der Waals surface area contributed by atoms with Crippen molar-refractivity contribution >= 4 is 0 Å². The van der Waals surface area contributed by atoms with Gasteiger partial charge in [-0.2, -0.15) is 0 Å². The van der Waals surface area contributed by atoms with Gasteiger partial charge in [-0.05, 0) is 47.5 Å². The van der Waals surface area contributed by atoms with Gasteiger partial charge in [0.15, 0.2) is 0 Å². The molecule has 2 N–H and O–H groups in total. The predicted molar refractivity (Wildman–Crippen MR) is 87.3 cm³/mol. The molecule has 2 aromatic heterocycles. The highest BCUT2D eigenvalue weighted by Crippen LogP contribution is 2.33. The van der Waals surface area contributed by atoms with E-state index in [1.165, 1.54) is 0 Å². The van der Waals surface area contributed by atoms with Crippen LogP contribution in [0.5, 0.6) is 5.75 Å². The molecule has 0 unspecified atom stereocenters. The summed E-state index contributed by atoms with van der Waals surface area (Å²) in [4.78, 5) is 8.65. The molecule has 0 fully saturated rings. The SMILES string of the molecule is COc1ccc(-c2ccnc(CN)c2)cc1-c1ccccn1. The number of hydrogen-bond donors (Lipinski definition) is 1. The maximum absolute atomic E-state index is 5.67. The van der Waals surface area contributed by atoms with Gasteiger partial charge < -0.3 is 10.5 Å². The van der Waals surface area contributed by atoms with E-state index in [2.05, 4.69) is 16.0 Å². The highest BCUT2D eigenvalue weighted by molar-refractivity contribution is 5.76. The van der Waals surface area contributed by atoms with Crippen LogP contribution in [0.15, 0.2) is 60.9 Å². The third kappa shape index (κ3) is 2.82. The van der Waals surface area contributed by atoms with Crippen LogP contribution in [0.4, 0.5) is 0 Å². The van der Waals surface area contributed by atoms with E-state index in [9.17, 15) is 0 Å². The largest absolute Gasteiger partial charge is 0.496 e.